The van der Waals surface area contributed by atoms with Crippen LogP contribution in [0.25, 0.3) is 11.8 Å². The van der Waals surface area contributed by atoms with Gasteiger partial charge in [-0.2, -0.15) is 5.26 Å². The molecule has 4 rings (SSSR count). The van der Waals surface area contributed by atoms with Crippen molar-refractivity contribution in [3.8, 4) is 11.8 Å². The maximum absolute atomic E-state index is 13.6. The first-order valence-corrected chi connectivity index (χ1v) is 12.8. The Morgan fingerprint density at radius 3 is 2.72 bits per heavy atom. The van der Waals surface area contributed by atoms with Crippen LogP contribution in [0.4, 0.5) is 9.39 Å². The van der Waals surface area contributed by atoms with Crippen LogP contribution in [0, 0.1) is 31.0 Å². The molecule has 2 heterocycles. The van der Waals surface area contributed by atoms with Crippen molar-refractivity contribution >= 4 is 45.9 Å². The van der Waals surface area contributed by atoms with Gasteiger partial charge in [0.1, 0.15) is 22.5 Å². The molecule has 6 nitrogen and oxygen atoms in total. The molecule has 0 saturated heterocycles. The summed E-state index contributed by atoms with van der Waals surface area (Å²) < 4.78 is 20.8. The van der Waals surface area contributed by atoms with Crippen molar-refractivity contribution in [1.29, 1.82) is 5.26 Å². The standard InChI is InChI=1S/C27H25ClFN3O3S/c1-4-35-27(34)24-20-7-5-6-8-23(20)36-26(24)31-25(33)18(14-30)12-17-11-15(2)32(16(17)3)19-9-10-22(29)21(28)13-19/h9-13H,4-8H2,1-3H3,(H,31,33)/b18-12+. The molecule has 1 aliphatic rings. The Bertz CT molecular complexity index is 1430. The molecule has 0 aliphatic heterocycles. The molecule has 1 N–H and O–H groups in total. The lowest BCUT2D eigenvalue weighted by atomic mass is 9.95. The average molecular weight is 526 g/mol. The molecular formula is C27H25ClFN3O3S. The van der Waals surface area contributed by atoms with E-state index in [-0.39, 0.29) is 17.2 Å². The van der Waals surface area contributed by atoms with Crippen LogP contribution in [-0.2, 0) is 22.4 Å². The Hall–Kier alpha value is -3.41. The molecule has 0 saturated carbocycles. The van der Waals surface area contributed by atoms with Gasteiger partial charge < -0.3 is 14.6 Å². The van der Waals surface area contributed by atoms with Gasteiger partial charge in [0.15, 0.2) is 0 Å². The Kier molecular flexibility index (Phi) is 7.62. The van der Waals surface area contributed by atoms with Crippen LogP contribution >= 0.6 is 22.9 Å². The molecule has 0 fully saturated rings. The third kappa shape index (κ3) is 4.95. The van der Waals surface area contributed by atoms with Crippen molar-refractivity contribution in [2.45, 2.75) is 46.5 Å². The number of hydrogen-bond acceptors (Lipinski definition) is 5. The third-order valence-corrected chi connectivity index (χ3v) is 7.67. The smallest absolute Gasteiger partial charge is 0.341 e. The van der Waals surface area contributed by atoms with Gasteiger partial charge in [0, 0.05) is 22.0 Å². The second-order valence-corrected chi connectivity index (χ2v) is 10.0. The number of aromatic nitrogens is 1. The molecule has 3 aromatic rings. The average Bonchev–Trinajstić information content (AvgIpc) is 3.35. The fourth-order valence-corrected chi connectivity index (χ4v) is 5.95. The van der Waals surface area contributed by atoms with Crippen molar-refractivity contribution in [3.05, 3.63) is 73.6 Å². The number of benzene rings is 1. The third-order valence-electron chi connectivity index (χ3n) is 6.17. The topological polar surface area (TPSA) is 84.1 Å². The predicted molar refractivity (Wildman–Crippen MR) is 139 cm³/mol. The minimum atomic E-state index is -0.601. The van der Waals surface area contributed by atoms with Gasteiger partial charge >= 0.3 is 5.97 Å². The summed E-state index contributed by atoms with van der Waals surface area (Å²) in [6, 6.07) is 8.25. The highest BCUT2D eigenvalue weighted by Crippen LogP contribution is 2.39. The molecule has 0 radical (unpaired) electrons. The Labute approximate surface area is 218 Å². The van der Waals surface area contributed by atoms with E-state index in [9.17, 15) is 19.2 Å². The number of fused-ring (bicyclic) bond motifs is 1. The molecule has 36 heavy (non-hydrogen) atoms. The number of amides is 1. The molecule has 186 valence electrons. The van der Waals surface area contributed by atoms with Crippen LogP contribution in [0.15, 0.2) is 29.8 Å². The van der Waals surface area contributed by atoms with E-state index in [1.54, 1.807) is 13.0 Å². The van der Waals surface area contributed by atoms with Gasteiger partial charge in [0.2, 0.25) is 0 Å². The fourth-order valence-electron chi connectivity index (χ4n) is 4.50. The number of nitrogens with one attached hydrogen (secondary N) is 1. The molecular weight excluding hydrogens is 501 g/mol. The van der Waals surface area contributed by atoms with Gasteiger partial charge in [0.25, 0.3) is 5.91 Å². The van der Waals surface area contributed by atoms with Gasteiger partial charge in [0.05, 0.1) is 17.2 Å². The number of anilines is 1. The zero-order chi connectivity index (χ0) is 26.0. The molecule has 1 aromatic carbocycles. The summed E-state index contributed by atoms with van der Waals surface area (Å²) in [5.74, 6) is -1.57. The highest BCUT2D eigenvalue weighted by Gasteiger charge is 2.28. The summed E-state index contributed by atoms with van der Waals surface area (Å²) in [4.78, 5) is 26.9. The number of nitriles is 1. The van der Waals surface area contributed by atoms with E-state index in [2.05, 4.69) is 5.32 Å². The van der Waals surface area contributed by atoms with E-state index < -0.39 is 17.7 Å². The lowest BCUT2D eigenvalue weighted by Gasteiger charge is -2.12. The first-order chi connectivity index (χ1) is 17.2. The van der Waals surface area contributed by atoms with E-state index in [4.69, 9.17) is 16.3 Å². The molecule has 9 heteroatoms. The summed E-state index contributed by atoms with van der Waals surface area (Å²) in [5.41, 5.74) is 4.15. The van der Waals surface area contributed by atoms with E-state index >= 15 is 0 Å². The number of esters is 1. The van der Waals surface area contributed by atoms with Crippen molar-refractivity contribution in [2.24, 2.45) is 0 Å². The SMILES string of the molecule is CCOC(=O)c1c(NC(=O)/C(C#N)=C/c2cc(C)n(-c3ccc(F)c(Cl)c3)c2C)sc2c1CCCC2. The predicted octanol–water partition coefficient (Wildman–Crippen LogP) is 6.55. The largest absolute Gasteiger partial charge is 0.462 e. The second kappa shape index (κ2) is 10.7. The molecule has 0 atom stereocenters. The van der Waals surface area contributed by atoms with Crippen LogP contribution in [0.2, 0.25) is 5.02 Å². The minimum absolute atomic E-state index is 0.00485. The maximum atomic E-state index is 13.6. The fraction of sp³-hybridized carbons (Fsp3) is 0.296. The van der Waals surface area contributed by atoms with E-state index in [0.717, 1.165) is 47.5 Å². The molecule has 2 aromatic heterocycles. The summed E-state index contributed by atoms with van der Waals surface area (Å²) in [6.45, 7) is 5.68. The molecule has 1 amide bonds. The number of halogens is 2. The van der Waals surface area contributed by atoms with Crippen LogP contribution < -0.4 is 5.32 Å². The van der Waals surface area contributed by atoms with E-state index in [0.29, 0.717) is 21.8 Å². The number of thiophene rings is 1. The number of carbonyl (C=O) groups excluding carboxylic acids is 2. The summed E-state index contributed by atoms with van der Waals surface area (Å²) in [7, 11) is 0. The van der Waals surface area contributed by atoms with Crippen molar-refractivity contribution in [2.75, 3.05) is 11.9 Å². The van der Waals surface area contributed by atoms with Crippen LogP contribution in [0.1, 0.15) is 57.5 Å². The zero-order valence-electron chi connectivity index (χ0n) is 20.2. The lowest BCUT2D eigenvalue weighted by molar-refractivity contribution is -0.112. The first-order valence-electron chi connectivity index (χ1n) is 11.6. The van der Waals surface area contributed by atoms with Gasteiger partial charge in [-0.15, -0.1) is 11.3 Å². The van der Waals surface area contributed by atoms with Gasteiger partial charge in [-0.3, -0.25) is 4.79 Å². The second-order valence-electron chi connectivity index (χ2n) is 8.52. The number of aryl methyl sites for hydroxylation is 2. The van der Waals surface area contributed by atoms with Crippen molar-refractivity contribution < 1.29 is 18.7 Å². The van der Waals surface area contributed by atoms with Gasteiger partial charge in [-0.05, 0) is 87.9 Å². The summed E-state index contributed by atoms with van der Waals surface area (Å²) >= 11 is 7.34. The molecule has 0 bridgehead atoms. The Morgan fingerprint density at radius 1 is 1.28 bits per heavy atom. The lowest BCUT2D eigenvalue weighted by Crippen LogP contribution is -2.16. The van der Waals surface area contributed by atoms with Crippen LogP contribution in [0.3, 0.4) is 0 Å². The Balaban J connectivity index is 1.67. The molecule has 0 unspecified atom stereocenters. The monoisotopic (exact) mass is 525 g/mol. The zero-order valence-corrected chi connectivity index (χ0v) is 21.8. The van der Waals surface area contributed by atoms with Crippen molar-refractivity contribution in [3.63, 3.8) is 0 Å². The Morgan fingerprint density at radius 2 is 2.03 bits per heavy atom. The van der Waals surface area contributed by atoms with E-state index in [1.807, 2.05) is 30.6 Å². The summed E-state index contributed by atoms with van der Waals surface area (Å²) in [6.07, 6.45) is 5.12. The number of rotatable bonds is 6. The number of nitrogens with zero attached hydrogens (tertiary/aromatic N) is 2. The highest BCUT2D eigenvalue weighted by atomic mass is 35.5. The first kappa shape index (κ1) is 25.7. The van der Waals surface area contributed by atoms with Crippen LogP contribution in [-0.4, -0.2) is 23.1 Å². The molecule has 1 aliphatic carbocycles. The maximum Gasteiger partial charge on any atom is 0.341 e. The molecule has 0 spiro atoms. The van der Waals surface area contributed by atoms with E-state index in [1.165, 1.54) is 29.5 Å². The highest BCUT2D eigenvalue weighted by molar-refractivity contribution is 7.17. The number of ether oxygens (including phenoxy) is 1. The van der Waals surface area contributed by atoms with Crippen molar-refractivity contribution in [1.82, 2.24) is 4.57 Å². The number of hydrogen-bond donors (Lipinski definition) is 1. The normalized spacial score (nSPS) is 13.2. The van der Waals surface area contributed by atoms with Gasteiger partial charge in [-0.25, -0.2) is 9.18 Å². The quantitative estimate of drug-likeness (QED) is 0.225. The minimum Gasteiger partial charge on any atom is -0.462 e. The van der Waals surface area contributed by atoms with Gasteiger partial charge in [-0.1, -0.05) is 11.6 Å². The number of carbonyl (C=O) groups is 2. The van der Waals surface area contributed by atoms with Crippen LogP contribution in [0.5, 0.6) is 0 Å². The summed E-state index contributed by atoms with van der Waals surface area (Å²) in [5, 5.41) is 13.0.